The van der Waals surface area contributed by atoms with Crippen LogP contribution in [0.25, 0.3) is 0 Å². The van der Waals surface area contributed by atoms with Gasteiger partial charge in [0.2, 0.25) is 0 Å². The molecule has 0 N–H and O–H groups in total. The quantitative estimate of drug-likeness (QED) is 0.584. The maximum Gasteiger partial charge on any atom is 0.416 e. The summed E-state index contributed by atoms with van der Waals surface area (Å²) in [5, 5.41) is 0. The maximum absolute atomic E-state index is 13.3. The van der Waals surface area contributed by atoms with Gasteiger partial charge >= 0.3 is 6.18 Å². The number of hydrogen-bond donors (Lipinski definition) is 0. The van der Waals surface area contributed by atoms with Crippen LogP contribution in [0.4, 0.5) is 17.6 Å². The van der Waals surface area contributed by atoms with Gasteiger partial charge in [0.25, 0.3) is 0 Å². The Morgan fingerprint density at radius 3 is 2.61 bits per heavy atom. The largest absolute Gasteiger partial charge is 0.416 e. The Hall–Kier alpha value is -0.810. The van der Waals surface area contributed by atoms with Crippen LogP contribution in [0, 0.1) is 11.7 Å². The lowest BCUT2D eigenvalue weighted by Gasteiger charge is -2.18. The molecule has 0 bridgehead atoms. The molecule has 100 valence electrons. The third-order valence-electron chi connectivity index (χ3n) is 2.99. The first kappa shape index (κ1) is 13.6. The molecule has 1 saturated heterocycles. The number of benzene rings is 1. The zero-order valence-corrected chi connectivity index (χ0v) is 10.1. The Labute approximate surface area is 107 Å². The van der Waals surface area contributed by atoms with Gasteiger partial charge in [0, 0.05) is 18.4 Å². The van der Waals surface area contributed by atoms with Crippen LogP contribution in [-0.4, -0.2) is 12.5 Å². The lowest BCUT2D eigenvalue weighted by molar-refractivity contribution is -0.137. The number of halogens is 5. The fraction of sp³-hybridized carbons (Fsp3) is 0.500. The second-order valence-electron chi connectivity index (χ2n) is 4.27. The summed E-state index contributed by atoms with van der Waals surface area (Å²) in [6, 6.07) is 2.48. The predicted molar refractivity (Wildman–Crippen MR) is 58.9 cm³/mol. The zero-order chi connectivity index (χ0) is 13.3. The highest BCUT2D eigenvalue weighted by molar-refractivity contribution is 6.18. The molecular formula is C12H11ClF4O. The van der Waals surface area contributed by atoms with E-state index >= 15 is 0 Å². The Bertz CT molecular complexity index is 433. The minimum atomic E-state index is -4.56. The van der Waals surface area contributed by atoms with E-state index in [9.17, 15) is 17.6 Å². The van der Waals surface area contributed by atoms with Gasteiger partial charge in [-0.15, -0.1) is 11.6 Å². The normalized spacial score (nSPS) is 24.5. The van der Waals surface area contributed by atoms with Crippen LogP contribution >= 0.6 is 11.6 Å². The lowest BCUT2D eigenvalue weighted by atomic mass is 9.95. The van der Waals surface area contributed by atoms with Crippen molar-refractivity contribution in [2.24, 2.45) is 5.92 Å². The second kappa shape index (κ2) is 5.05. The van der Waals surface area contributed by atoms with E-state index in [0.717, 1.165) is 12.1 Å². The number of ether oxygens (including phenoxy) is 1. The van der Waals surface area contributed by atoms with E-state index in [1.807, 2.05) is 0 Å². The molecule has 1 fully saturated rings. The van der Waals surface area contributed by atoms with E-state index in [2.05, 4.69) is 0 Å². The van der Waals surface area contributed by atoms with Gasteiger partial charge in [-0.1, -0.05) is 0 Å². The van der Waals surface area contributed by atoms with Crippen molar-refractivity contribution >= 4 is 11.6 Å². The summed E-state index contributed by atoms with van der Waals surface area (Å²) in [7, 11) is 0. The van der Waals surface area contributed by atoms with Crippen LogP contribution in [0.3, 0.4) is 0 Å². The monoisotopic (exact) mass is 282 g/mol. The summed E-state index contributed by atoms with van der Waals surface area (Å²) in [5.41, 5.74) is -0.799. The highest BCUT2D eigenvalue weighted by Gasteiger charge is 2.34. The van der Waals surface area contributed by atoms with Crippen molar-refractivity contribution in [3.63, 3.8) is 0 Å². The first-order chi connectivity index (χ1) is 8.41. The number of alkyl halides is 4. The molecule has 1 aliphatic heterocycles. The van der Waals surface area contributed by atoms with E-state index in [-0.39, 0.29) is 17.4 Å². The standard InChI is InChI=1S/C12H11ClF4O/c13-6-7-1-2-18-11(7)8-3-9(12(15,16)17)5-10(14)4-8/h3-5,7,11H,1-2,6H2. The first-order valence-corrected chi connectivity index (χ1v) is 6.00. The van der Waals surface area contributed by atoms with E-state index in [1.165, 1.54) is 0 Å². The van der Waals surface area contributed by atoms with Gasteiger partial charge in [-0.3, -0.25) is 0 Å². The van der Waals surface area contributed by atoms with Gasteiger partial charge in [0.15, 0.2) is 0 Å². The molecule has 1 aromatic carbocycles. The maximum atomic E-state index is 13.3. The second-order valence-corrected chi connectivity index (χ2v) is 4.57. The molecule has 1 aromatic rings. The van der Waals surface area contributed by atoms with Gasteiger partial charge < -0.3 is 4.74 Å². The lowest BCUT2D eigenvalue weighted by Crippen LogP contribution is -2.12. The molecule has 0 radical (unpaired) electrons. The molecule has 2 unspecified atom stereocenters. The average molecular weight is 283 g/mol. The summed E-state index contributed by atoms with van der Waals surface area (Å²) in [5.74, 6) is -0.707. The highest BCUT2D eigenvalue weighted by atomic mass is 35.5. The molecule has 0 amide bonds. The zero-order valence-electron chi connectivity index (χ0n) is 9.31. The summed E-state index contributed by atoms with van der Waals surface area (Å²) >= 11 is 5.73. The number of hydrogen-bond acceptors (Lipinski definition) is 1. The van der Waals surface area contributed by atoms with Gasteiger partial charge in [0.1, 0.15) is 5.82 Å². The molecule has 0 aliphatic carbocycles. The Kier molecular flexibility index (Phi) is 3.82. The molecule has 6 heteroatoms. The molecule has 2 atom stereocenters. The van der Waals surface area contributed by atoms with Crippen LogP contribution in [0.15, 0.2) is 18.2 Å². The molecule has 1 aliphatic rings. The van der Waals surface area contributed by atoms with E-state index in [4.69, 9.17) is 16.3 Å². The van der Waals surface area contributed by atoms with Gasteiger partial charge in [-0.2, -0.15) is 13.2 Å². The van der Waals surface area contributed by atoms with Crippen molar-refractivity contribution in [1.29, 1.82) is 0 Å². The number of rotatable bonds is 2. The molecular weight excluding hydrogens is 272 g/mol. The Morgan fingerprint density at radius 1 is 1.28 bits per heavy atom. The minimum Gasteiger partial charge on any atom is -0.373 e. The van der Waals surface area contributed by atoms with Gasteiger partial charge in [0.05, 0.1) is 11.7 Å². The fourth-order valence-electron chi connectivity index (χ4n) is 2.10. The first-order valence-electron chi connectivity index (χ1n) is 5.47. The van der Waals surface area contributed by atoms with E-state index < -0.39 is 23.7 Å². The third kappa shape index (κ3) is 2.78. The van der Waals surface area contributed by atoms with Gasteiger partial charge in [-0.05, 0) is 30.2 Å². The molecule has 1 heterocycles. The molecule has 1 nitrogen and oxygen atoms in total. The summed E-state index contributed by atoms with van der Waals surface area (Å²) < 4.78 is 56.3. The molecule has 0 saturated carbocycles. The molecule has 0 spiro atoms. The van der Waals surface area contributed by atoms with E-state index in [0.29, 0.717) is 19.1 Å². The van der Waals surface area contributed by atoms with Crippen molar-refractivity contribution in [1.82, 2.24) is 0 Å². The fourth-order valence-corrected chi connectivity index (χ4v) is 2.42. The van der Waals surface area contributed by atoms with Crippen molar-refractivity contribution < 1.29 is 22.3 Å². The van der Waals surface area contributed by atoms with Crippen LogP contribution in [0.5, 0.6) is 0 Å². The Morgan fingerprint density at radius 2 is 2.00 bits per heavy atom. The van der Waals surface area contributed by atoms with Crippen LogP contribution in [0.2, 0.25) is 0 Å². The summed E-state index contributed by atoms with van der Waals surface area (Å²) in [4.78, 5) is 0. The summed E-state index contributed by atoms with van der Waals surface area (Å²) in [6.07, 6.45) is -4.45. The average Bonchev–Trinajstić information content (AvgIpc) is 2.74. The predicted octanol–water partition coefficient (Wildman–Crippen LogP) is 4.16. The minimum absolute atomic E-state index is 0.0745. The SMILES string of the molecule is Fc1cc(C2OCCC2CCl)cc(C(F)(F)F)c1. The van der Waals surface area contributed by atoms with Crippen LogP contribution < -0.4 is 0 Å². The van der Waals surface area contributed by atoms with Crippen LogP contribution in [0.1, 0.15) is 23.7 Å². The van der Waals surface area contributed by atoms with Crippen molar-refractivity contribution in [3.05, 3.63) is 35.1 Å². The van der Waals surface area contributed by atoms with Crippen molar-refractivity contribution in [3.8, 4) is 0 Å². The van der Waals surface area contributed by atoms with Crippen LogP contribution in [-0.2, 0) is 10.9 Å². The van der Waals surface area contributed by atoms with E-state index in [1.54, 1.807) is 0 Å². The molecule has 18 heavy (non-hydrogen) atoms. The molecule has 2 rings (SSSR count). The summed E-state index contributed by atoms with van der Waals surface area (Å²) in [6.45, 7) is 0.430. The third-order valence-corrected chi connectivity index (χ3v) is 3.38. The topological polar surface area (TPSA) is 9.23 Å². The highest BCUT2D eigenvalue weighted by Crippen LogP contribution is 2.38. The smallest absolute Gasteiger partial charge is 0.373 e. The van der Waals surface area contributed by atoms with Crippen molar-refractivity contribution in [2.45, 2.75) is 18.7 Å². The molecule has 0 aromatic heterocycles. The Balaban J connectivity index is 2.36. The van der Waals surface area contributed by atoms with Crippen molar-refractivity contribution in [2.75, 3.05) is 12.5 Å². The van der Waals surface area contributed by atoms with Gasteiger partial charge in [-0.25, -0.2) is 4.39 Å².